The summed E-state index contributed by atoms with van der Waals surface area (Å²) in [5.74, 6) is -1.33. The summed E-state index contributed by atoms with van der Waals surface area (Å²) in [4.78, 5) is 40.6. The zero-order valence-corrected chi connectivity index (χ0v) is 42.5. The summed E-state index contributed by atoms with van der Waals surface area (Å²) in [6, 6.07) is 15.1. The fourth-order valence-corrected chi connectivity index (χ4v) is 9.10. The van der Waals surface area contributed by atoms with Crippen molar-refractivity contribution in [3.05, 3.63) is 84.0 Å². The van der Waals surface area contributed by atoms with Crippen LogP contribution in [0.15, 0.2) is 72.8 Å². The summed E-state index contributed by atoms with van der Waals surface area (Å²) >= 11 is 0. The highest BCUT2D eigenvalue weighted by molar-refractivity contribution is 5.86. The number of fused-ring (bicyclic) bond motifs is 3. The van der Waals surface area contributed by atoms with E-state index in [2.05, 4.69) is 67.7 Å². The third-order valence-corrected chi connectivity index (χ3v) is 12.8. The molecule has 2 atom stereocenters. The predicted octanol–water partition coefficient (Wildman–Crippen LogP) is 17.0. The lowest BCUT2D eigenvalue weighted by molar-refractivity contribution is -0.161. The van der Waals surface area contributed by atoms with Crippen LogP contribution in [0, 0.1) is 0 Å². The van der Waals surface area contributed by atoms with Gasteiger partial charge in [0, 0.05) is 5.92 Å². The average Bonchev–Trinajstić information content (AvgIpc) is 3.61. The van der Waals surface area contributed by atoms with Crippen LogP contribution in [0.4, 0.5) is 4.79 Å². The van der Waals surface area contributed by atoms with Gasteiger partial charge in [0.1, 0.15) is 24.4 Å². The van der Waals surface area contributed by atoms with E-state index in [1.807, 2.05) is 24.3 Å². The molecule has 0 aromatic heterocycles. The van der Waals surface area contributed by atoms with Crippen molar-refractivity contribution in [3.63, 3.8) is 0 Å². The van der Waals surface area contributed by atoms with Gasteiger partial charge >= 0.3 is 18.0 Å². The van der Waals surface area contributed by atoms with Crippen LogP contribution in [0.25, 0.3) is 11.1 Å². The molecule has 2 aromatic carbocycles. The number of ether oxygens (including phenoxy) is 3. The Morgan fingerprint density at radius 3 is 1.38 bits per heavy atom. The van der Waals surface area contributed by atoms with Gasteiger partial charge in [-0.3, -0.25) is 4.79 Å². The molecule has 7 nitrogen and oxygen atoms in total. The van der Waals surface area contributed by atoms with Crippen LogP contribution in [0.5, 0.6) is 0 Å². The molecule has 2 aromatic rings. The van der Waals surface area contributed by atoms with E-state index in [1.54, 1.807) is 20.8 Å². The summed E-state index contributed by atoms with van der Waals surface area (Å²) < 4.78 is 17.6. The molecule has 1 unspecified atom stereocenters. The SMILES string of the molecule is CCCCCCCC/C=C\CCCCCCCCC(CCCCCCC/C=C\CCCCCCCC)OC(=O)[C@H](CC(=O)OC(C)(C)C)NC(=O)OCC1c2ccccc2-c2ccccc21. The third kappa shape index (κ3) is 25.3. The van der Waals surface area contributed by atoms with Crippen molar-refractivity contribution in [2.75, 3.05) is 6.61 Å². The Labute approximate surface area is 403 Å². The largest absolute Gasteiger partial charge is 0.461 e. The van der Waals surface area contributed by atoms with E-state index in [4.69, 9.17) is 14.2 Å². The lowest BCUT2D eigenvalue weighted by Gasteiger charge is -2.24. The van der Waals surface area contributed by atoms with E-state index in [1.165, 1.54) is 135 Å². The molecule has 0 spiro atoms. The number of hydrogen-bond donors (Lipinski definition) is 1. The fourth-order valence-electron chi connectivity index (χ4n) is 9.10. The van der Waals surface area contributed by atoms with Crippen LogP contribution < -0.4 is 5.32 Å². The molecule has 0 bridgehead atoms. The molecule has 1 amide bonds. The molecule has 0 radical (unpaired) electrons. The van der Waals surface area contributed by atoms with E-state index >= 15 is 0 Å². The third-order valence-electron chi connectivity index (χ3n) is 12.8. The van der Waals surface area contributed by atoms with Gasteiger partial charge in [0.05, 0.1) is 6.42 Å². The van der Waals surface area contributed by atoms with Crippen molar-refractivity contribution in [1.82, 2.24) is 5.32 Å². The van der Waals surface area contributed by atoms with E-state index in [9.17, 15) is 14.4 Å². The molecule has 66 heavy (non-hydrogen) atoms. The zero-order chi connectivity index (χ0) is 47.5. The van der Waals surface area contributed by atoms with E-state index < -0.39 is 29.7 Å². The molecule has 0 heterocycles. The summed E-state index contributed by atoms with van der Waals surface area (Å²) in [6.45, 7) is 10.00. The van der Waals surface area contributed by atoms with Crippen LogP contribution in [0.2, 0.25) is 0 Å². The molecule has 1 aliphatic carbocycles. The normalized spacial score (nSPS) is 13.5. The van der Waals surface area contributed by atoms with Crippen molar-refractivity contribution >= 4 is 18.0 Å². The molecule has 370 valence electrons. The summed E-state index contributed by atoms with van der Waals surface area (Å²) in [5.41, 5.74) is 3.72. The van der Waals surface area contributed by atoms with Crippen LogP contribution in [-0.2, 0) is 23.8 Å². The molecule has 7 heteroatoms. The monoisotopic (exact) mass is 912 g/mol. The van der Waals surface area contributed by atoms with E-state index in [-0.39, 0.29) is 25.0 Å². The van der Waals surface area contributed by atoms with Crippen molar-refractivity contribution in [2.24, 2.45) is 0 Å². The second-order valence-corrected chi connectivity index (χ2v) is 20.0. The standard InChI is InChI=1S/C59H93NO6/c1-6-8-10-12-14-16-18-20-22-24-26-28-30-32-34-36-42-49(41-35-33-31-29-27-25-23-21-19-17-15-13-11-9-7-2)65-57(62)55(47-56(61)66-59(3,4)5)60-58(63)64-48-54-52-45-39-37-43-50(52)51-44-38-40-46-53(51)54/h20-23,37-40,43-46,49,54-55H,6-19,24-36,41-42,47-48H2,1-5H3,(H,60,63)/b22-20-,23-21-/t49?,55-/m0/s1. The van der Waals surface area contributed by atoms with Gasteiger partial charge in [-0.2, -0.15) is 0 Å². The van der Waals surface area contributed by atoms with Gasteiger partial charge in [0.2, 0.25) is 0 Å². The summed E-state index contributed by atoms with van der Waals surface area (Å²) in [6.07, 6.45) is 43.0. The van der Waals surface area contributed by atoms with E-state index in [0.29, 0.717) is 0 Å². The maximum atomic E-state index is 14.0. The molecule has 3 rings (SSSR count). The fraction of sp³-hybridized carbons (Fsp3) is 0.678. The van der Waals surface area contributed by atoms with Crippen LogP contribution in [0.1, 0.15) is 244 Å². The summed E-state index contributed by atoms with van der Waals surface area (Å²) in [7, 11) is 0. The number of hydrogen-bond acceptors (Lipinski definition) is 6. The van der Waals surface area contributed by atoms with Crippen LogP contribution in [0.3, 0.4) is 0 Å². The Bertz CT molecular complexity index is 1610. The van der Waals surface area contributed by atoms with Crippen molar-refractivity contribution < 1.29 is 28.6 Å². The molecular weight excluding hydrogens is 819 g/mol. The Morgan fingerprint density at radius 2 is 0.955 bits per heavy atom. The maximum Gasteiger partial charge on any atom is 0.407 e. The lowest BCUT2D eigenvalue weighted by atomic mass is 9.98. The minimum absolute atomic E-state index is 0.0993. The highest BCUT2D eigenvalue weighted by Crippen LogP contribution is 2.44. The summed E-state index contributed by atoms with van der Waals surface area (Å²) in [5, 5.41) is 2.71. The predicted molar refractivity (Wildman–Crippen MR) is 276 cm³/mol. The molecule has 1 N–H and O–H groups in total. The van der Waals surface area contributed by atoms with Gasteiger partial charge in [-0.15, -0.1) is 0 Å². The second kappa shape index (κ2) is 35.3. The first-order valence-electron chi connectivity index (χ1n) is 27.0. The van der Waals surface area contributed by atoms with Gasteiger partial charge < -0.3 is 19.5 Å². The Morgan fingerprint density at radius 1 is 0.561 bits per heavy atom. The lowest BCUT2D eigenvalue weighted by Crippen LogP contribution is -2.45. The number of esters is 2. The Hall–Kier alpha value is -3.87. The van der Waals surface area contributed by atoms with E-state index in [0.717, 1.165) is 73.6 Å². The number of amides is 1. The number of nitrogens with one attached hydrogen (secondary N) is 1. The molecule has 0 fully saturated rings. The van der Waals surface area contributed by atoms with Crippen molar-refractivity contribution in [3.8, 4) is 11.1 Å². The zero-order valence-electron chi connectivity index (χ0n) is 42.5. The Kier molecular flexibility index (Phi) is 30.2. The number of alkyl carbamates (subject to hydrolysis) is 1. The smallest absolute Gasteiger partial charge is 0.407 e. The first-order valence-corrected chi connectivity index (χ1v) is 27.0. The van der Waals surface area contributed by atoms with Crippen molar-refractivity contribution in [2.45, 2.75) is 251 Å². The van der Waals surface area contributed by atoms with Gasteiger partial charge in [0.15, 0.2) is 0 Å². The second-order valence-electron chi connectivity index (χ2n) is 20.0. The number of carbonyl (C=O) groups is 3. The number of carbonyl (C=O) groups excluding carboxylic acids is 3. The minimum Gasteiger partial charge on any atom is -0.461 e. The van der Waals surface area contributed by atoms with Gasteiger partial charge in [0.25, 0.3) is 0 Å². The number of rotatable bonds is 38. The van der Waals surface area contributed by atoms with Gasteiger partial charge in [-0.25, -0.2) is 9.59 Å². The van der Waals surface area contributed by atoms with Crippen molar-refractivity contribution in [1.29, 1.82) is 0 Å². The molecule has 0 aliphatic heterocycles. The maximum absolute atomic E-state index is 14.0. The highest BCUT2D eigenvalue weighted by Gasteiger charge is 2.32. The Balaban J connectivity index is 1.51. The molecule has 0 saturated heterocycles. The first-order chi connectivity index (χ1) is 32.1. The van der Waals surface area contributed by atoms with Gasteiger partial charge in [-0.1, -0.05) is 196 Å². The molecule has 1 aliphatic rings. The van der Waals surface area contributed by atoms with Crippen LogP contribution in [-0.4, -0.2) is 42.4 Å². The quantitative estimate of drug-likeness (QED) is 0.0312. The minimum atomic E-state index is -1.23. The molecule has 0 saturated carbocycles. The molecular formula is C59H93NO6. The van der Waals surface area contributed by atoms with Gasteiger partial charge in [-0.05, 0) is 120 Å². The highest BCUT2D eigenvalue weighted by atomic mass is 16.6. The topological polar surface area (TPSA) is 90.9 Å². The number of allylic oxidation sites excluding steroid dienone is 4. The van der Waals surface area contributed by atoms with Crippen LogP contribution >= 0.6 is 0 Å². The first kappa shape index (κ1) is 56.5. The number of unbranched alkanes of at least 4 members (excludes halogenated alkanes) is 23. The number of benzene rings is 2. The average molecular weight is 912 g/mol.